The van der Waals surface area contributed by atoms with Crippen LogP contribution in [0.2, 0.25) is 0 Å². The van der Waals surface area contributed by atoms with Crippen molar-refractivity contribution < 1.29 is 0 Å². The molecule has 0 radical (unpaired) electrons. The topological polar surface area (TPSA) is 0 Å². The molecule has 0 spiro atoms. The molecule has 0 heteroatoms. The maximum Gasteiger partial charge on any atom is -0.0295 e. The molecule has 12 heavy (non-hydrogen) atoms. The molecule has 1 aliphatic carbocycles. The number of rotatable bonds is 2. The van der Waals surface area contributed by atoms with Gasteiger partial charge in [0.05, 0.1) is 0 Å². The molecule has 70 valence electrons. The fourth-order valence-electron chi connectivity index (χ4n) is 2.32. The lowest BCUT2D eigenvalue weighted by Gasteiger charge is -2.26. The Balaban J connectivity index is 2.32. The summed E-state index contributed by atoms with van der Waals surface area (Å²) in [6, 6.07) is 0. The highest BCUT2D eigenvalue weighted by Gasteiger charge is 2.18. The van der Waals surface area contributed by atoms with Gasteiger partial charge in [0.15, 0.2) is 0 Å². The predicted octanol–water partition coefficient (Wildman–Crippen LogP) is 4.17. The number of hydrogen-bond acceptors (Lipinski definition) is 0. The molecule has 0 aliphatic heterocycles. The molecule has 0 amide bonds. The zero-order valence-corrected chi connectivity index (χ0v) is 8.77. The summed E-state index contributed by atoms with van der Waals surface area (Å²) < 4.78 is 0. The molecule has 2 atom stereocenters. The third-order valence-electron chi connectivity index (χ3n) is 3.15. The van der Waals surface area contributed by atoms with Crippen molar-refractivity contribution in [2.45, 2.75) is 52.9 Å². The van der Waals surface area contributed by atoms with Crippen LogP contribution in [0.4, 0.5) is 0 Å². The lowest BCUT2D eigenvalue weighted by molar-refractivity contribution is 0.281. The first-order valence-corrected chi connectivity index (χ1v) is 5.34. The zero-order chi connectivity index (χ0) is 8.97. The van der Waals surface area contributed by atoms with Gasteiger partial charge in [-0.25, -0.2) is 0 Å². The van der Waals surface area contributed by atoms with Crippen LogP contribution in [-0.4, -0.2) is 0 Å². The van der Waals surface area contributed by atoms with Gasteiger partial charge in [-0.2, -0.15) is 0 Å². The summed E-state index contributed by atoms with van der Waals surface area (Å²) in [7, 11) is 0. The Morgan fingerprint density at radius 2 is 2.17 bits per heavy atom. The molecule has 0 N–H and O–H groups in total. The molecular weight excluding hydrogens is 144 g/mol. The molecule has 2 unspecified atom stereocenters. The van der Waals surface area contributed by atoms with Crippen LogP contribution in [-0.2, 0) is 0 Å². The molecule has 0 aromatic heterocycles. The van der Waals surface area contributed by atoms with E-state index < -0.39 is 0 Å². The van der Waals surface area contributed by atoms with Gasteiger partial charge in [-0.1, -0.05) is 37.8 Å². The molecule has 0 bridgehead atoms. The van der Waals surface area contributed by atoms with Crippen LogP contribution in [0.1, 0.15) is 52.9 Å². The van der Waals surface area contributed by atoms with E-state index in [1.807, 2.05) is 0 Å². The molecule has 0 aromatic carbocycles. The van der Waals surface area contributed by atoms with Crippen molar-refractivity contribution in [2.24, 2.45) is 11.8 Å². The molecule has 1 rings (SSSR count). The second kappa shape index (κ2) is 4.69. The average molecular weight is 166 g/mol. The van der Waals surface area contributed by atoms with E-state index in [9.17, 15) is 0 Å². The van der Waals surface area contributed by atoms with E-state index in [0.717, 1.165) is 11.8 Å². The molecule has 1 aliphatic rings. The summed E-state index contributed by atoms with van der Waals surface area (Å²) in [6.45, 7) is 6.82. The highest BCUT2D eigenvalue weighted by molar-refractivity contribution is 4.97. The van der Waals surface area contributed by atoms with Crippen LogP contribution in [0.15, 0.2) is 11.6 Å². The second-order valence-electron chi connectivity index (χ2n) is 4.48. The van der Waals surface area contributed by atoms with Crippen LogP contribution in [0, 0.1) is 11.8 Å². The lowest BCUT2D eigenvalue weighted by atomic mass is 9.79. The van der Waals surface area contributed by atoms with Gasteiger partial charge in [-0.05, 0) is 38.5 Å². The van der Waals surface area contributed by atoms with Gasteiger partial charge in [0.2, 0.25) is 0 Å². The van der Waals surface area contributed by atoms with Gasteiger partial charge in [-0.15, -0.1) is 0 Å². The van der Waals surface area contributed by atoms with E-state index in [-0.39, 0.29) is 0 Å². The minimum atomic E-state index is 0.980. The molecular formula is C12H22. The van der Waals surface area contributed by atoms with Crippen molar-refractivity contribution in [2.75, 3.05) is 0 Å². The Morgan fingerprint density at radius 1 is 1.42 bits per heavy atom. The van der Waals surface area contributed by atoms with Crippen molar-refractivity contribution in [3.8, 4) is 0 Å². The van der Waals surface area contributed by atoms with Crippen molar-refractivity contribution in [1.82, 2.24) is 0 Å². The molecule has 0 heterocycles. The van der Waals surface area contributed by atoms with Gasteiger partial charge in [0, 0.05) is 0 Å². The van der Waals surface area contributed by atoms with Crippen molar-refractivity contribution in [3.63, 3.8) is 0 Å². The SMILES string of the molecule is C/C=C(\C)CC1CCCC(C)C1. The Morgan fingerprint density at radius 3 is 2.75 bits per heavy atom. The minimum Gasteiger partial charge on any atom is -0.0887 e. The van der Waals surface area contributed by atoms with Crippen molar-refractivity contribution in [3.05, 3.63) is 11.6 Å². The van der Waals surface area contributed by atoms with Crippen LogP contribution >= 0.6 is 0 Å². The normalized spacial score (nSPS) is 32.1. The Bertz CT molecular complexity index is 155. The summed E-state index contributed by atoms with van der Waals surface area (Å²) in [5.74, 6) is 1.97. The lowest BCUT2D eigenvalue weighted by Crippen LogP contribution is -2.13. The monoisotopic (exact) mass is 166 g/mol. The quantitative estimate of drug-likeness (QED) is 0.540. The molecule has 1 saturated carbocycles. The third-order valence-corrected chi connectivity index (χ3v) is 3.15. The van der Waals surface area contributed by atoms with Gasteiger partial charge in [-0.3, -0.25) is 0 Å². The third kappa shape index (κ3) is 3.00. The molecule has 1 fully saturated rings. The highest BCUT2D eigenvalue weighted by atomic mass is 14.2. The molecule has 0 nitrogen and oxygen atoms in total. The van der Waals surface area contributed by atoms with Gasteiger partial charge >= 0.3 is 0 Å². The Kier molecular flexibility index (Phi) is 3.84. The summed E-state index contributed by atoms with van der Waals surface area (Å²) in [6.07, 6.45) is 9.47. The van der Waals surface area contributed by atoms with Gasteiger partial charge in [0.25, 0.3) is 0 Å². The average Bonchev–Trinajstić information content (AvgIpc) is 2.04. The van der Waals surface area contributed by atoms with E-state index in [0.29, 0.717) is 0 Å². The number of hydrogen-bond donors (Lipinski definition) is 0. The van der Waals surface area contributed by atoms with Crippen molar-refractivity contribution >= 4 is 0 Å². The molecule has 0 saturated heterocycles. The van der Waals surface area contributed by atoms with E-state index >= 15 is 0 Å². The smallest absolute Gasteiger partial charge is 0.0295 e. The standard InChI is InChI=1S/C12H22/c1-4-10(2)8-12-7-5-6-11(3)9-12/h4,11-12H,5-9H2,1-3H3/b10-4+. The van der Waals surface area contributed by atoms with Crippen LogP contribution < -0.4 is 0 Å². The van der Waals surface area contributed by atoms with E-state index in [1.165, 1.54) is 32.1 Å². The van der Waals surface area contributed by atoms with Crippen LogP contribution in [0.5, 0.6) is 0 Å². The van der Waals surface area contributed by atoms with Gasteiger partial charge in [0.1, 0.15) is 0 Å². The fraction of sp³-hybridized carbons (Fsp3) is 0.833. The summed E-state index contributed by atoms with van der Waals surface area (Å²) >= 11 is 0. The fourth-order valence-corrected chi connectivity index (χ4v) is 2.32. The highest BCUT2D eigenvalue weighted by Crippen LogP contribution is 2.32. The van der Waals surface area contributed by atoms with E-state index in [1.54, 1.807) is 5.57 Å². The van der Waals surface area contributed by atoms with Gasteiger partial charge < -0.3 is 0 Å². The number of allylic oxidation sites excluding steroid dienone is 2. The minimum absolute atomic E-state index is 0.980. The Labute approximate surface area is 77.1 Å². The first-order chi connectivity index (χ1) is 5.72. The zero-order valence-electron chi connectivity index (χ0n) is 8.77. The molecule has 0 aromatic rings. The van der Waals surface area contributed by atoms with E-state index in [4.69, 9.17) is 0 Å². The maximum atomic E-state index is 2.40. The van der Waals surface area contributed by atoms with E-state index in [2.05, 4.69) is 26.8 Å². The summed E-state index contributed by atoms with van der Waals surface area (Å²) in [5.41, 5.74) is 1.58. The Hall–Kier alpha value is -0.260. The first-order valence-electron chi connectivity index (χ1n) is 5.34. The predicted molar refractivity (Wildman–Crippen MR) is 55.2 cm³/mol. The second-order valence-corrected chi connectivity index (χ2v) is 4.48. The largest absolute Gasteiger partial charge is 0.0887 e. The van der Waals surface area contributed by atoms with Crippen LogP contribution in [0.3, 0.4) is 0 Å². The summed E-state index contributed by atoms with van der Waals surface area (Å²) in [4.78, 5) is 0. The van der Waals surface area contributed by atoms with Crippen molar-refractivity contribution in [1.29, 1.82) is 0 Å². The van der Waals surface area contributed by atoms with Crippen LogP contribution in [0.25, 0.3) is 0 Å². The summed E-state index contributed by atoms with van der Waals surface area (Å²) in [5, 5.41) is 0. The first kappa shape index (κ1) is 9.83. The maximum absolute atomic E-state index is 2.40.